The van der Waals surface area contributed by atoms with Gasteiger partial charge in [-0.3, -0.25) is 0 Å². The van der Waals surface area contributed by atoms with Gasteiger partial charge in [-0.05, 0) is 37.5 Å². The van der Waals surface area contributed by atoms with Gasteiger partial charge in [-0.2, -0.15) is 0 Å². The van der Waals surface area contributed by atoms with E-state index in [4.69, 9.17) is 9.52 Å². The highest BCUT2D eigenvalue weighted by Gasteiger charge is 2.08. The Morgan fingerprint density at radius 2 is 2.07 bits per heavy atom. The molecular formula is C12H14O2. The van der Waals surface area contributed by atoms with Crippen LogP contribution in [0.25, 0.3) is 11.0 Å². The topological polar surface area (TPSA) is 33.4 Å². The minimum atomic E-state index is 0.169. The predicted octanol–water partition coefficient (Wildman–Crippen LogP) is 2.58. The number of hydrogen-bond acceptors (Lipinski definition) is 2. The van der Waals surface area contributed by atoms with Crippen LogP contribution in [0.3, 0.4) is 0 Å². The average Bonchev–Trinajstić information content (AvgIpc) is 2.49. The van der Waals surface area contributed by atoms with E-state index in [0.717, 1.165) is 16.5 Å². The Balaban J connectivity index is 2.66. The zero-order valence-electron chi connectivity index (χ0n) is 8.50. The molecule has 2 heteroatoms. The monoisotopic (exact) mass is 190 g/mol. The Bertz CT molecular complexity index is 455. The summed E-state index contributed by atoms with van der Waals surface area (Å²) in [5.41, 5.74) is 4.45. The molecule has 0 atom stereocenters. The Labute approximate surface area is 83.2 Å². The fourth-order valence-corrected chi connectivity index (χ4v) is 1.93. The van der Waals surface area contributed by atoms with E-state index in [-0.39, 0.29) is 6.61 Å². The van der Waals surface area contributed by atoms with Crippen molar-refractivity contribution in [2.75, 3.05) is 6.61 Å². The number of furan rings is 1. The summed E-state index contributed by atoms with van der Waals surface area (Å²) in [6.45, 7) is 4.30. The fourth-order valence-electron chi connectivity index (χ4n) is 1.93. The van der Waals surface area contributed by atoms with Crippen LogP contribution in [0.2, 0.25) is 0 Å². The van der Waals surface area contributed by atoms with Crippen LogP contribution in [0.4, 0.5) is 0 Å². The number of benzene rings is 1. The van der Waals surface area contributed by atoms with Crippen LogP contribution >= 0.6 is 0 Å². The van der Waals surface area contributed by atoms with Crippen molar-refractivity contribution in [1.29, 1.82) is 0 Å². The summed E-state index contributed by atoms with van der Waals surface area (Å²) in [6.07, 6.45) is 2.41. The lowest BCUT2D eigenvalue weighted by atomic mass is 10.0. The summed E-state index contributed by atoms with van der Waals surface area (Å²) in [6, 6.07) is 4.17. The van der Waals surface area contributed by atoms with Crippen molar-refractivity contribution in [3.63, 3.8) is 0 Å². The van der Waals surface area contributed by atoms with Gasteiger partial charge in [-0.1, -0.05) is 6.07 Å². The molecule has 0 saturated carbocycles. The number of aliphatic hydroxyl groups excluding tert-OH is 1. The van der Waals surface area contributed by atoms with Gasteiger partial charge < -0.3 is 9.52 Å². The summed E-state index contributed by atoms with van der Waals surface area (Å²) >= 11 is 0. The van der Waals surface area contributed by atoms with Gasteiger partial charge in [0.05, 0.1) is 6.26 Å². The third-order valence-electron chi connectivity index (χ3n) is 2.47. The molecule has 74 valence electrons. The van der Waals surface area contributed by atoms with Crippen LogP contribution in [0.5, 0.6) is 0 Å². The third-order valence-corrected chi connectivity index (χ3v) is 2.47. The zero-order chi connectivity index (χ0) is 10.1. The molecule has 0 aliphatic rings. The molecule has 0 amide bonds. The molecule has 1 aromatic heterocycles. The first-order valence-corrected chi connectivity index (χ1v) is 4.80. The van der Waals surface area contributed by atoms with Crippen molar-refractivity contribution in [3.05, 3.63) is 35.1 Å². The largest absolute Gasteiger partial charge is 0.464 e. The van der Waals surface area contributed by atoms with Crippen molar-refractivity contribution in [2.45, 2.75) is 20.3 Å². The van der Waals surface area contributed by atoms with Crippen molar-refractivity contribution >= 4 is 11.0 Å². The molecule has 2 aromatic rings. The molecule has 0 radical (unpaired) electrons. The molecule has 0 unspecified atom stereocenters. The molecule has 0 aliphatic heterocycles. The van der Waals surface area contributed by atoms with Crippen LogP contribution in [-0.4, -0.2) is 11.7 Å². The molecule has 0 fully saturated rings. The summed E-state index contributed by atoms with van der Waals surface area (Å²) < 4.78 is 5.45. The molecular weight excluding hydrogens is 176 g/mol. The first kappa shape index (κ1) is 9.28. The molecule has 1 aromatic carbocycles. The van der Waals surface area contributed by atoms with Crippen molar-refractivity contribution in [2.24, 2.45) is 0 Å². The van der Waals surface area contributed by atoms with E-state index >= 15 is 0 Å². The van der Waals surface area contributed by atoms with E-state index in [2.05, 4.69) is 19.9 Å². The Morgan fingerprint density at radius 1 is 1.29 bits per heavy atom. The maximum absolute atomic E-state index is 8.90. The van der Waals surface area contributed by atoms with E-state index in [1.165, 1.54) is 11.1 Å². The number of fused-ring (bicyclic) bond motifs is 1. The van der Waals surface area contributed by atoms with E-state index in [9.17, 15) is 0 Å². The average molecular weight is 190 g/mol. The lowest BCUT2D eigenvalue weighted by Gasteiger charge is -2.00. The van der Waals surface area contributed by atoms with Gasteiger partial charge in [0, 0.05) is 17.6 Å². The summed E-state index contributed by atoms with van der Waals surface area (Å²) in [7, 11) is 0. The Kier molecular flexibility index (Phi) is 2.30. The molecule has 14 heavy (non-hydrogen) atoms. The van der Waals surface area contributed by atoms with Gasteiger partial charge >= 0.3 is 0 Å². The third kappa shape index (κ3) is 1.42. The fraction of sp³-hybridized carbons (Fsp3) is 0.333. The number of hydrogen-bond donors (Lipinski definition) is 1. The van der Waals surface area contributed by atoms with Gasteiger partial charge in [0.15, 0.2) is 0 Å². The molecule has 0 aliphatic carbocycles. The van der Waals surface area contributed by atoms with E-state index in [1.54, 1.807) is 6.26 Å². The van der Waals surface area contributed by atoms with Crippen LogP contribution in [-0.2, 0) is 6.42 Å². The molecule has 2 nitrogen and oxygen atoms in total. The summed E-state index contributed by atoms with van der Waals surface area (Å²) in [5.74, 6) is 0. The quantitative estimate of drug-likeness (QED) is 0.789. The molecule has 0 spiro atoms. The van der Waals surface area contributed by atoms with Gasteiger partial charge in [0.2, 0.25) is 0 Å². The number of aryl methyl sites for hydroxylation is 2. The SMILES string of the molecule is Cc1cc(C)c2c(CCO)coc2c1. The summed E-state index contributed by atoms with van der Waals surface area (Å²) in [5, 5.41) is 10.1. The van der Waals surface area contributed by atoms with Gasteiger partial charge in [0.1, 0.15) is 5.58 Å². The lowest BCUT2D eigenvalue weighted by Crippen LogP contribution is -1.89. The van der Waals surface area contributed by atoms with E-state index < -0.39 is 0 Å². The minimum Gasteiger partial charge on any atom is -0.464 e. The van der Waals surface area contributed by atoms with E-state index in [0.29, 0.717) is 6.42 Å². The van der Waals surface area contributed by atoms with Crippen LogP contribution in [0, 0.1) is 13.8 Å². The maximum atomic E-state index is 8.90. The summed E-state index contributed by atoms with van der Waals surface area (Å²) in [4.78, 5) is 0. The molecule has 2 rings (SSSR count). The van der Waals surface area contributed by atoms with Crippen molar-refractivity contribution in [3.8, 4) is 0 Å². The van der Waals surface area contributed by atoms with Crippen molar-refractivity contribution in [1.82, 2.24) is 0 Å². The van der Waals surface area contributed by atoms with Crippen LogP contribution in [0.1, 0.15) is 16.7 Å². The smallest absolute Gasteiger partial charge is 0.134 e. The first-order valence-electron chi connectivity index (χ1n) is 4.80. The zero-order valence-corrected chi connectivity index (χ0v) is 8.50. The van der Waals surface area contributed by atoms with Crippen LogP contribution in [0.15, 0.2) is 22.8 Å². The number of rotatable bonds is 2. The predicted molar refractivity (Wildman–Crippen MR) is 56.5 cm³/mol. The van der Waals surface area contributed by atoms with Gasteiger partial charge in [0.25, 0.3) is 0 Å². The van der Waals surface area contributed by atoms with Gasteiger partial charge in [-0.15, -0.1) is 0 Å². The normalized spacial score (nSPS) is 11.1. The Morgan fingerprint density at radius 3 is 2.79 bits per heavy atom. The second kappa shape index (κ2) is 3.46. The van der Waals surface area contributed by atoms with Crippen molar-refractivity contribution < 1.29 is 9.52 Å². The second-order valence-electron chi connectivity index (χ2n) is 3.69. The van der Waals surface area contributed by atoms with Gasteiger partial charge in [-0.25, -0.2) is 0 Å². The molecule has 0 bridgehead atoms. The highest BCUT2D eigenvalue weighted by Crippen LogP contribution is 2.26. The van der Waals surface area contributed by atoms with E-state index in [1.807, 2.05) is 6.07 Å². The number of aliphatic hydroxyl groups is 1. The maximum Gasteiger partial charge on any atom is 0.134 e. The Hall–Kier alpha value is -1.28. The molecule has 0 saturated heterocycles. The highest BCUT2D eigenvalue weighted by molar-refractivity contribution is 5.85. The first-order chi connectivity index (χ1) is 6.72. The minimum absolute atomic E-state index is 0.169. The highest BCUT2D eigenvalue weighted by atomic mass is 16.3. The standard InChI is InChI=1S/C12H14O2/c1-8-5-9(2)12-10(3-4-13)7-14-11(12)6-8/h5-7,13H,3-4H2,1-2H3. The van der Waals surface area contributed by atoms with Crippen LogP contribution < -0.4 is 0 Å². The molecule has 1 N–H and O–H groups in total. The molecule has 1 heterocycles. The second-order valence-corrected chi connectivity index (χ2v) is 3.69. The lowest BCUT2D eigenvalue weighted by molar-refractivity contribution is 0.299.